The van der Waals surface area contributed by atoms with E-state index in [1.54, 1.807) is 42.8 Å². The molecule has 0 spiro atoms. The number of benzene rings is 2. The Labute approximate surface area is 172 Å². The minimum atomic E-state index is 0. The lowest BCUT2D eigenvalue weighted by molar-refractivity contribution is 1.12. The van der Waals surface area contributed by atoms with Gasteiger partial charge in [0, 0.05) is 16.1 Å². The smallest absolute Gasteiger partial charge is 0.151 e. The molecule has 0 unspecified atom stereocenters. The molecule has 0 saturated carbocycles. The van der Waals surface area contributed by atoms with Crippen molar-refractivity contribution < 1.29 is 0 Å². The summed E-state index contributed by atoms with van der Waals surface area (Å²) in [5.41, 5.74) is 7.52. The molecule has 1 heterocycles. The third-order valence-electron chi connectivity index (χ3n) is 3.19. The zero-order valence-electron chi connectivity index (χ0n) is 13.9. The molecule has 0 bridgehead atoms. The van der Waals surface area contributed by atoms with Crippen molar-refractivity contribution >= 4 is 59.7 Å². The van der Waals surface area contributed by atoms with Crippen LogP contribution < -0.4 is 10.9 Å². The Morgan fingerprint density at radius 3 is 1.52 bits per heavy atom. The first-order valence-electron chi connectivity index (χ1n) is 7.60. The molecule has 0 aliphatic rings. The lowest BCUT2D eigenvalue weighted by Gasteiger charge is -2.02. The molecule has 0 aliphatic carbocycles. The molecule has 3 aromatic rings. The molecule has 9 heteroatoms. The number of aromatic nitrogens is 2. The van der Waals surface area contributed by atoms with Crippen molar-refractivity contribution in [3.05, 3.63) is 82.1 Å². The number of halogens is 3. The number of anilines is 2. The summed E-state index contributed by atoms with van der Waals surface area (Å²) in [4.78, 5) is 8.19. The molecular formula is C18H15Cl3N6. The Bertz CT molecular complexity index is 838. The van der Waals surface area contributed by atoms with E-state index in [2.05, 4.69) is 31.0 Å². The van der Waals surface area contributed by atoms with Crippen LogP contribution in [-0.4, -0.2) is 22.4 Å². The van der Waals surface area contributed by atoms with Crippen molar-refractivity contribution in [3.63, 3.8) is 0 Å². The van der Waals surface area contributed by atoms with Gasteiger partial charge >= 0.3 is 0 Å². The lowest BCUT2D eigenvalue weighted by atomic mass is 10.2. The molecule has 27 heavy (non-hydrogen) atoms. The number of nitrogens with zero attached hydrogens (tertiary/aromatic N) is 4. The Morgan fingerprint density at radius 2 is 1.11 bits per heavy atom. The van der Waals surface area contributed by atoms with Crippen LogP contribution in [0.3, 0.4) is 0 Å². The van der Waals surface area contributed by atoms with Gasteiger partial charge in [0.05, 0.1) is 12.4 Å². The molecule has 0 amide bonds. The second kappa shape index (κ2) is 10.5. The number of hydrogen-bond acceptors (Lipinski definition) is 6. The summed E-state index contributed by atoms with van der Waals surface area (Å²) in [6.45, 7) is 0. The molecule has 0 atom stereocenters. The van der Waals surface area contributed by atoms with Gasteiger partial charge in [0.1, 0.15) is 6.33 Å². The summed E-state index contributed by atoms with van der Waals surface area (Å²) in [6, 6.07) is 16.4. The van der Waals surface area contributed by atoms with Gasteiger partial charge in [-0.2, -0.15) is 10.2 Å². The van der Waals surface area contributed by atoms with Crippen LogP contribution in [0.4, 0.5) is 11.6 Å². The molecule has 2 N–H and O–H groups in total. The maximum absolute atomic E-state index is 5.85. The van der Waals surface area contributed by atoms with Gasteiger partial charge in [-0.3, -0.25) is 10.9 Å². The van der Waals surface area contributed by atoms with Crippen molar-refractivity contribution in [2.75, 3.05) is 10.9 Å². The molecule has 6 nitrogen and oxygen atoms in total. The van der Waals surface area contributed by atoms with Gasteiger partial charge in [0.25, 0.3) is 0 Å². The van der Waals surface area contributed by atoms with Crippen LogP contribution in [0.1, 0.15) is 11.1 Å². The molecule has 0 radical (unpaired) electrons. The van der Waals surface area contributed by atoms with Crippen LogP contribution in [-0.2, 0) is 0 Å². The van der Waals surface area contributed by atoms with Gasteiger partial charge in [-0.25, -0.2) is 9.97 Å². The second-order valence-electron chi connectivity index (χ2n) is 5.13. The second-order valence-corrected chi connectivity index (χ2v) is 6.00. The van der Waals surface area contributed by atoms with E-state index >= 15 is 0 Å². The number of hydrazone groups is 2. The van der Waals surface area contributed by atoms with Crippen LogP contribution in [0.2, 0.25) is 10.0 Å². The van der Waals surface area contributed by atoms with Crippen molar-refractivity contribution in [2.24, 2.45) is 10.2 Å². The van der Waals surface area contributed by atoms with E-state index in [9.17, 15) is 0 Å². The highest BCUT2D eigenvalue weighted by Crippen LogP contribution is 2.11. The largest absolute Gasteiger partial charge is 0.261 e. The van der Waals surface area contributed by atoms with Gasteiger partial charge in [-0.15, -0.1) is 12.4 Å². The van der Waals surface area contributed by atoms with E-state index in [-0.39, 0.29) is 12.4 Å². The lowest BCUT2D eigenvalue weighted by Crippen LogP contribution is -1.98. The van der Waals surface area contributed by atoms with E-state index < -0.39 is 0 Å². The monoisotopic (exact) mass is 420 g/mol. The predicted molar refractivity (Wildman–Crippen MR) is 115 cm³/mol. The minimum Gasteiger partial charge on any atom is -0.261 e. The topological polar surface area (TPSA) is 74.6 Å². The molecular weight excluding hydrogens is 407 g/mol. The third-order valence-corrected chi connectivity index (χ3v) is 3.70. The minimum absolute atomic E-state index is 0. The quantitative estimate of drug-likeness (QED) is 0.429. The summed E-state index contributed by atoms with van der Waals surface area (Å²) in [7, 11) is 0. The van der Waals surface area contributed by atoms with Crippen LogP contribution in [0.25, 0.3) is 0 Å². The molecule has 1 aromatic heterocycles. The average molecular weight is 422 g/mol. The molecule has 3 rings (SSSR count). The molecule has 138 valence electrons. The van der Waals surface area contributed by atoms with Crippen LogP contribution in [0, 0.1) is 0 Å². The van der Waals surface area contributed by atoms with E-state index in [4.69, 9.17) is 23.2 Å². The average Bonchev–Trinajstić information content (AvgIpc) is 2.65. The summed E-state index contributed by atoms with van der Waals surface area (Å²) in [5, 5.41) is 9.63. The highest BCUT2D eigenvalue weighted by molar-refractivity contribution is 6.30. The first-order chi connectivity index (χ1) is 12.7. The Hall–Kier alpha value is -2.67. The fraction of sp³-hybridized carbons (Fsp3) is 0. The number of nitrogens with one attached hydrogen (secondary N) is 2. The number of rotatable bonds is 6. The first kappa shape index (κ1) is 20.6. The predicted octanol–water partition coefficient (Wildman–Crippen LogP) is 5.10. The van der Waals surface area contributed by atoms with Crippen LogP contribution in [0.15, 0.2) is 71.1 Å². The molecule has 2 aromatic carbocycles. The van der Waals surface area contributed by atoms with Gasteiger partial charge in [-0.1, -0.05) is 47.5 Å². The van der Waals surface area contributed by atoms with Crippen molar-refractivity contribution in [3.8, 4) is 0 Å². The van der Waals surface area contributed by atoms with Crippen molar-refractivity contribution in [1.82, 2.24) is 9.97 Å². The Kier molecular flexibility index (Phi) is 8.00. The van der Waals surface area contributed by atoms with Gasteiger partial charge in [-0.05, 0) is 35.4 Å². The van der Waals surface area contributed by atoms with Crippen LogP contribution in [0.5, 0.6) is 0 Å². The summed E-state index contributed by atoms with van der Waals surface area (Å²) in [5.74, 6) is 1.07. The van der Waals surface area contributed by atoms with E-state index in [0.29, 0.717) is 21.7 Å². The summed E-state index contributed by atoms with van der Waals surface area (Å²) in [6.07, 6.45) is 4.76. The molecule has 0 fully saturated rings. The number of hydrogen-bond donors (Lipinski definition) is 2. The Balaban J connectivity index is 0.00000261. The fourth-order valence-electron chi connectivity index (χ4n) is 1.92. The normalized spacial score (nSPS) is 10.7. The zero-order valence-corrected chi connectivity index (χ0v) is 16.2. The van der Waals surface area contributed by atoms with E-state index in [1.165, 1.54) is 6.33 Å². The van der Waals surface area contributed by atoms with Crippen molar-refractivity contribution in [1.29, 1.82) is 0 Å². The summed E-state index contributed by atoms with van der Waals surface area (Å²) >= 11 is 11.7. The molecule has 0 aliphatic heterocycles. The van der Waals surface area contributed by atoms with Crippen molar-refractivity contribution in [2.45, 2.75) is 0 Å². The highest BCUT2D eigenvalue weighted by Gasteiger charge is 1.96. The highest BCUT2D eigenvalue weighted by atomic mass is 35.5. The van der Waals surface area contributed by atoms with Gasteiger partial charge in [0.2, 0.25) is 0 Å². The van der Waals surface area contributed by atoms with E-state index in [0.717, 1.165) is 11.1 Å². The zero-order chi connectivity index (χ0) is 18.2. The maximum atomic E-state index is 5.85. The molecule has 0 saturated heterocycles. The third kappa shape index (κ3) is 6.86. The standard InChI is InChI=1S/C18H14Cl2N6.ClH/c19-15-5-1-13(2-6-15)10-23-25-17-9-18(22-12-21-17)26-24-11-14-3-7-16(20)8-4-14;/h1-12H,(H2,21,22,25,26);1H/b23-10+,24-11+;. The van der Waals surface area contributed by atoms with E-state index in [1.807, 2.05) is 24.3 Å². The first-order valence-corrected chi connectivity index (χ1v) is 8.36. The van der Waals surface area contributed by atoms with Crippen LogP contribution >= 0.6 is 35.6 Å². The summed E-state index contributed by atoms with van der Waals surface area (Å²) < 4.78 is 0. The van der Waals surface area contributed by atoms with Gasteiger partial charge in [0.15, 0.2) is 11.6 Å². The maximum Gasteiger partial charge on any atom is 0.151 e. The SMILES string of the molecule is Cl.Clc1ccc(/C=N/Nc2cc(N/N=C/c3ccc(Cl)cc3)ncn2)cc1. The fourth-order valence-corrected chi connectivity index (χ4v) is 2.18. The Morgan fingerprint density at radius 1 is 0.704 bits per heavy atom. The van der Waals surface area contributed by atoms with Gasteiger partial charge < -0.3 is 0 Å².